The number of amides is 2. The zero-order chi connectivity index (χ0) is 33.0. The van der Waals surface area contributed by atoms with Gasteiger partial charge < -0.3 is 24.5 Å². The second kappa shape index (κ2) is 17.0. The number of allylic oxidation sites excluding steroid dienone is 3. The van der Waals surface area contributed by atoms with Crippen LogP contribution in [0.15, 0.2) is 59.5 Å². The quantitative estimate of drug-likeness (QED) is 0.0916. The summed E-state index contributed by atoms with van der Waals surface area (Å²) in [5, 5.41) is 6.43. The van der Waals surface area contributed by atoms with E-state index in [9.17, 15) is 14.4 Å². The van der Waals surface area contributed by atoms with Gasteiger partial charge in [0.1, 0.15) is 12.1 Å². The summed E-state index contributed by atoms with van der Waals surface area (Å²) in [5.74, 6) is -1.03. The first-order chi connectivity index (χ1) is 19.8. The van der Waals surface area contributed by atoms with Crippen LogP contribution in [0.2, 0.25) is 18.1 Å². The average molecular weight is 637 g/mol. The van der Waals surface area contributed by atoms with Crippen molar-refractivity contribution >= 4 is 37.7 Å². The van der Waals surface area contributed by atoms with Gasteiger partial charge in [-0.1, -0.05) is 90.4 Å². The molecule has 0 saturated carbocycles. The number of methoxy groups -OCH3 is 1. The number of rotatable bonds is 14. The molecule has 8 nitrogen and oxygen atoms in total. The molecular weight excluding hydrogens is 584 g/mol. The van der Waals surface area contributed by atoms with E-state index >= 15 is 0 Å². The summed E-state index contributed by atoms with van der Waals surface area (Å²) in [7, 11) is -0.565. The van der Waals surface area contributed by atoms with Crippen LogP contribution in [-0.2, 0) is 28.3 Å². The first-order valence-electron chi connectivity index (χ1n) is 14.8. The van der Waals surface area contributed by atoms with Gasteiger partial charge in [-0.15, -0.1) is 0 Å². The summed E-state index contributed by atoms with van der Waals surface area (Å²) in [6, 6.07) is -0.762. The number of cyclic esters (lactones) is 1. The van der Waals surface area contributed by atoms with Gasteiger partial charge in [-0.3, -0.25) is 9.59 Å². The van der Waals surface area contributed by atoms with Crippen LogP contribution in [0.25, 0.3) is 0 Å². The SMILES string of the molecule is COC1=CC[C@@H]([C@@H](C)/C=C\C=C/C(=O)N[C@H](C(=O)N/C=C\C[C@H](C/C=C(\C)Cl)O[Si](C)(C)C(C)(C)C)C(C)(C)C)OC1=O. The van der Waals surface area contributed by atoms with E-state index in [0.717, 1.165) is 5.03 Å². The van der Waals surface area contributed by atoms with Crippen molar-refractivity contribution in [2.24, 2.45) is 11.3 Å². The molecule has 0 aromatic heterocycles. The molecule has 4 atom stereocenters. The molecule has 0 fully saturated rings. The highest BCUT2D eigenvalue weighted by atomic mass is 35.5. The van der Waals surface area contributed by atoms with Crippen molar-refractivity contribution in [3.63, 3.8) is 0 Å². The standard InChI is InChI=1S/C33H53ClN2O6Si/c1-23(26-20-21-27(40-9)31(39)41-26)15-12-13-17-28(37)36-29(32(3,4)5)30(38)35-22-14-16-25(19-18-24(2)34)42-43(10,11)33(6,7)8/h12-15,17-18,21-23,25-26,29H,16,19-20H2,1-11H3,(H,35,38)(H,36,37)/b15-12-,17-13-,22-14-,24-18+/t23-,25+,26-,29+/m0/s1. The van der Waals surface area contributed by atoms with E-state index in [1.807, 2.05) is 52.8 Å². The van der Waals surface area contributed by atoms with E-state index in [4.69, 9.17) is 25.5 Å². The lowest BCUT2D eigenvalue weighted by atomic mass is 9.86. The van der Waals surface area contributed by atoms with Crippen molar-refractivity contribution in [1.82, 2.24) is 10.6 Å². The third kappa shape index (κ3) is 13.7. The smallest absolute Gasteiger partial charge is 0.373 e. The van der Waals surface area contributed by atoms with Crippen molar-refractivity contribution in [3.8, 4) is 0 Å². The maximum absolute atomic E-state index is 13.1. The molecule has 2 N–H and O–H groups in total. The van der Waals surface area contributed by atoms with E-state index in [1.54, 1.807) is 24.4 Å². The topological polar surface area (TPSA) is 103 Å². The Hall–Kier alpha value is -2.62. The first kappa shape index (κ1) is 38.4. The highest BCUT2D eigenvalue weighted by molar-refractivity contribution is 6.74. The van der Waals surface area contributed by atoms with Crippen molar-refractivity contribution in [3.05, 3.63) is 59.5 Å². The fraction of sp³-hybridized carbons (Fsp3) is 0.606. The minimum Gasteiger partial charge on any atom is -0.490 e. The lowest BCUT2D eigenvalue weighted by Gasteiger charge is -2.39. The number of nitrogens with one attached hydrogen (secondary N) is 2. The van der Waals surface area contributed by atoms with Gasteiger partial charge in [0.2, 0.25) is 11.8 Å². The normalized spacial score (nSPS) is 19.3. The summed E-state index contributed by atoms with van der Waals surface area (Å²) in [4.78, 5) is 37.7. The molecular formula is C33H53ClN2O6Si. The molecule has 0 aromatic carbocycles. The fourth-order valence-corrected chi connectivity index (χ4v) is 5.40. The highest BCUT2D eigenvalue weighted by Gasteiger charge is 2.39. The predicted octanol–water partition coefficient (Wildman–Crippen LogP) is 7.05. The number of halogens is 1. The van der Waals surface area contributed by atoms with Gasteiger partial charge in [-0.25, -0.2) is 4.79 Å². The second-order valence-electron chi connectivity index (χ2n) is 13.5. The highest BCUT2D eigenvalue weighted by Crippen LogP contribution is 2.38. The Labute approximate surface area is 265 Å². The maximum atomic E-state index is 13.1. The molecule has 1 rings (SSSR count). The van der Waals surface area contributed by atoms with Gasteiger partial charge >= 0.3 is 5.97 Å². The van der Waals surface area contributed by atoms with E-state index < -0.39 is 25.7 Å². The molecule has 0 radical (unpaired) electrons. The fourth-order valence-electron chi connectivity index (χ4n) is 3.93. The zero-order valence-electron chi connectivity index (χ0n) is 27.9. The zero-order valence-corrected chi connectivity index (χ0v) is 29.6. The summed E-state index contributed by atoms with van der Waals surface area (Å²) < 4.78 is 17.0. The Morgan fingerprint density at radius 3 is 2.35 bits per heavy atom. The minimum atomic E-state index is -2.00. The number of esters is 1. The third-order valence-electron chi connectivity index (χ3n) is 7.66. The van der Waals surface area contributed by atoms with Gasteiger partial charge in [0.05, 0.1) is 13.2 Å². The maximum Gasteiger partial charge on any atom is 0.373 e. The van der Waals surface area contributed by atoms with Crippen molar-refractivity contribution < 1.29 is 28.3 Å². The molecule has 1 aliphatic rings. The van der Waals surface area contributed by atoms with Gasteiger partial charge in [0.25, 0.3) is 0 Å². The number of carbonyl (C=O) groups excluding carboxylic acids is 3. The van der Waals surface area contributed by atoms with Crippen LogP contribution in [0.5, 0.6) is 0 Å². The van der Waals surface area contributed by atoms with Crippen LogP contribution < -0.4 is 10.6 Å². The van der Waals surface area contributed by atoms with Crippen molar-refractivity contribution in [2.45, 2.75) is 111 Å². The Balaban J connectivity index is 2.77. The summed E-state index contributed by atoms with van der Waals surface area (Å²) in [6.45, 7) is 20.5. The number of carbonyl (C=O) groups is 3. The molecule has 10 heteroatoms. The second-order valence-corrected chi connectivity index (χ2v) is 18.9. The van der Waals surface area contributed by atoms with Crippen LogP contribution in [0, 0.1) is 11.3 Å². The summed E-state index contributed by atoms with van der Waals surface area (Å²) in [5.41, 5.74) is -0.526. The van der Waals surface area contributed by atoms with E-state index in [0.29, 0.717) is 19.3 Å². The predicted molar refractivity (Wildman–Crippen MR) is 177 cm³/mol. The Bertz CT molecular complexity index is 1110. The number of hydrogen-bond donors (Lipinski definition) is 2. The molecule has 0 aromatic rings. The molecule has 0 aliphatic carbocycles. The van der Waals surface area contributed by atoms with Crippen LogP contribution >= 0.6 is 11.6 Å². The van der Waals surface area contributed by atoms with Gasteiger partial charge in [0.15, 0.2) is 14.1 Å². The Morgan fingerprint density at radius 1 is 1.16 bits per heavy atom. The molecule has 242 valence electrons. The van der Waals surface area contributed by atoms with Crippen LogP contribution in [0.4, 0.5) is 0 Å². The van der Waals surface area contributed by atoms with Crippen molar-refractivity contribution in [1.29, 1.82) is 0 Å². The molecule has 0 spiro atoms. The third-order valence-corrected chi connectivity index (χ3v) is 12.4. The molecule has 1 aliphatic heterocycles. The van der Waals surface area contributed by atoms with Crippen LogP contribution in [0.3, 0.4) is 0 Å². The number of hydrogen-bond acceptors (Lipinski definition) is 6. The van der Waals surface area contributed by atoms with Crippen molar-refractivity contribution in [2.75, 3.05) is 7.11 Å². The Morgan fingerprint density at radius 2 is 1.81 bits per heavy atom. The van der Waals surface area contributed by atoms with Crippen LogP contribution in [-0.4, -0.2) is 51.5 Å². The summed E-state index contributed by atoms with van der Waals surface area (Å²) >= 11 is 6.08. The van der Waals surface area contributed by atoms with Gasteiger partial charge in [-0.05, 0) is 55.6 Å². The lowest BCUT2D eigenvalue weighted by molar-refractivity contribution is -0.151. The van der Waals surface area contributed by atoms with Gasteiger partial charge in [-0.2, -0.15) is 0 Å². The van der Waals surface area contributed by atoms with Crippen LogP contribution in [0.1, 0.15) is 74.7 Å². The monoisotopic (exact) mass is 636 g/mol. The lowest BCUT2D eigenvalue weighted by Crippen LogP contribution is -2.52. The largest absolute Gasteiger partial charge is 0.490 e. The molecule has 2 amide bonds. The Kier molecular flexibility index (Phi) is 15.2. The molecule has 0 saturated heterocycles. The molecule has 1 heterocycles. The van der Waals surface area contributed by atoms with Gasteiger partial charge in [0, 0.05) is 23.4 Å². The first-order valence-corrected chi connectivity index (χ1v) is 18.1. The summed E-state index contributed by atoms with van der Waals surface area (Å²) in [6.07, 6.45) is 15.2. The van der Waals surface area contributed by atoms with E-state index in [1.165, 1.54) is 13.2 Å². The van der Waals surface area contributed by atoms with E-state index in [-0.39, 0.29) is 40.7 Å². The average Bonchev–Trinajstić information content (AvgIpc) is 2.88. The number of ether oxygens (including phenoxy) is 2. The van der Waals surface area contributed by atoms with E-state index in [2.05, 4.69) is 44.5 Å². The molecule has 43 heavy (non-hydrogen) atoms. The minimum absolute atomic E-state index is 0.0620. The molecule has 0 bridgehead atoms. The molecule has 0 unspecified atom stereocenters.